The summed E-state index contributed by atoms with van der Waals surface area (Å²) in [4.78, 5) is 24.4. The van der Waals surface area contributed by atoms with E-state index in [0.29, 0.717) is 17.0 Å². The monoisotopic (exact) mass is 374 g/mol. The number of halogens is 2. The number of nitrogens with zero attached hydrogens (tertiary/aromatic N) is 1. The molecule has 0 fully saturated rings. The maximum atomic E-state index is 15.0. The third-order valence-corrected chi connectivity index (χ3v) is 4.62. The highest BCUT2D eigenvalue weighted by molar-refractivity contribution is 5.95. The zero-order valence-electron chi connectivity index (χ0n) is 14.2. The van der Waals surface area contributed by atoms with Crippen LogP contribution in [0.5, 0.6) is 11.5 Å². The van der Waals surface area contributed by atoms with E-state index in [1.807, 2.05) is 4.90 Å². The number of nitrogens with one attached hydrogen (secondary N) is 1. The van der Waals surface area contributed by atoms with E-state index in [1.54, 1.807) is 18.2 Å². The Morgan fingerprint density at radius 3 is 2.85 bits per heavy atom. The standard InChI is InChI=1S/C19H16F2N2O4/c20-12-2-3-14-16(7-12)26-9-13(5-6-24)23(14)8-11-1-4-15-19(18(11)21)22-17(25)10-27-15/h1-4,6-7,13H,5,8-10H2,(H,22,25)/t13-/m0/s1. The molecule has 6 nitrogen and oxygen atoms in total. The lowest BCUT2D eigenvalue weighted by atomic mass is 10.1. The summed E-state index contributed by atoms with van der Waals surface area (Å²) in [5.74, 6) is -0.857. The van der Waals surface area contributed by atoms with Gasteiger partial charge in [-0.2, -0.15) is 0 Å². The first-order valence-electron chi connectivity index (χ1n) is 8.43. The molecule has 0 spiro atoms. The molecule has 0 saturated heterocycles. The molecule has 27 heavy (non-hydrogen) atoms. The van der Waals surface area contributed by atoms with E-state index in [0.717, 1.165) is 6.29 Å². The molecule has 4 rings (SSSR count). The van der Waals surface area contributed by atoms with Gasteiger partial charge in [-0.3, -0.25) is 4.79 Å². The first-order chi connectivity index (χ1) is 13.1. The van der Waals surface area contributed by atoms with Gasteiger partial charge in [0.25, 0.3) is 5.91 Å². The number of carbonyl (C=O) groups excluding carboxylic acids is 2. The number of anilines is 2. The fraction of sp³-hybridized carbons (Fsp3) is 0.263. The van der Waals surface area contributed by atoms with E-state index in [9.17, 15) is 18.4 Å². The Hall–Kier alpha value is -3.16. The van der Waals surface area contributed by atoms with Crippen molar-refractivity contribution in [3.05, 3.63) is 47.5 Å². The minimum atomic E-state index is -0.597. The second kappa shape index (κ2) is 6.86. The summed E-state index contributed by atoms with van der Waals surface area (Å²) >= 11 is 0. The van der Waals surface area contributed by atoms with Gasteiger partial charge in [-0.05, 0) is 18.2 Å². The topological polar surface area (TPSA) is 67.9 Å². The number of rotatable bonds is 4. The van der Waals surface area contributed by atoms with Crippen LogP contribution in [-0.2, 0) is 16.1 Å². The highest BCUT2D eigenvalue weighted by Crippen LogP contribution is 2.38. The Balaban J connectivity index is 1.71. The van der Waals surface area contributed by atoms with E-state index in [1.165, 1.54) is 12.1 Å². The van der Waals surface area contributed by atoms with Gasteiger partial charge in [-0.15, -0.1) is 0 Å². The quantitative estimate of drug-likeness (QED) is 0.834. The molecular formula is C19H16F2N2O4. The third-order valence-electron chi connectivity index (χ3n) is 4.62. The van der Waals surface area contributed by atoms with Gasteiger partial charge in [-0.1, -0.05) is 6.07 Å². The van der Waals surface area contributed by atoms with E-state index < -0.39 is 17.5 Å². The second-order valence-corrected chi connectivity index (χ2v) is 6.36. The van der Waals surface area contributed by atoms with Crippen LogP contribution in [0.4, 0.5) is 20.2 Å². The highest BCUT2D eigenvalue weighted by Gasteiger charge is 2.30. The summed E-state index contributed by atoms with van der Waals surface area (Å²) < 4.78 is 39.2. The summed E-state index contributed by atoms with van der Waals surface area (Å²) in [6.45, 7) is 0.146. The Labute approximate surface area is 153 Å². The second-order valence-electron chi connectivity index (χ2n) is 6.36. The number of benzene rings is 2. The summed E-state index contributed by atoms with van der Waals surface area (Å²) in [7, 11) is 0. The van der Waals surface area contributed by atoms with Gasteiger partial charge in [0.15, 0.2) is 12.4 Å². The Bertz CT molecular complexity index is 919. The molecule has 0 bridgehead atoms. The lowest BCUT2D eigenvalue weighted by Gasteiger charge is -2.38. The van der Waals surface area contributed by atoms with Gasteiger partial charge in [0.2, 0.25) is 0 Å². The number of ether oxygens (including phenoxy) is 2. The van der Waals surface area contributed by atoms with Crippen molar-refractivity contribution in [1.29, 1.82) is 0 Å². The summed E-state index contributed by atoms with van der Waals surface area (Å²) in [5, 5.41) is 2.48. The van der Waals surface area contributed by atoms with Crippen LogP contribution in [0, 0.1) is 11.6 Å². The number of amides is 1. The van der Waals surface area contributed by atoms with E-state index in [2.05, 4.69) is 5.32 Å². The molecule has 0 aromatic heterocycles. The Morgan fingerprint density at radius 1 is 1.19 bits per heavy atom. The van der Waals surface area contributed by atoms with Crippen molar-refractivity contribution < 1.29 is 27.8 Å². The normalized spacial score (nSPS) is 17.9. The third kappa shape index (κ3) is 3.18. The summed E-state index contributed by atoms with van der Waals surface area (Å²) in [6, 6.07) is 6.94. The zero-order valence-corrected chi connectivity index (χ0v) is 14.2. The van der Waals surface area contributed by atoms with Crippen LogP contribution in [-0.4, -0.2) is 31.4 Å². The number of hydrogen-bond donors (Lipinski definition) is 1. The fourth-order valence-corrected chi connectivity index (χ4v) is 3.30. The van der Waals surface area contributed by atoms with Crippen LogP contribution in [0.3, 0.4) is 0 Å². The predicted octanol–water partition coefficient (Wildman–Crippen LogP) is 2.65. The van der Waals surface area contributed by atoms with Crippen LogP contribution < -0.4 is 19.7 Å². The van der Waals surface area contributed by atoms with Crippen molar-refractivity contribution in [3.63, 3.8) is 0 Å². The number of hydrogen-bond acceptors (Lipinski definition) is 5. The SMILES string of the molecule is O=CC[C@H]1COc2cc(F)ccc2N1Cc1ccc2c(c1F)NC(=O)CO2. The van der Waals surface area contributed by atoms with Gasteiger partial charge in [-0.25, -0.2) is 8.78 Å². The molecule has 1 atom stereocenters. The molecule has 1 N–H and O–H groups in total. The minimum Gasteiger partial charge on any atom is -0.489 e. The molecule has 0 saturated carbocycles. The fourth-order valence-electron chi connectivity index (χ4n) is 3.30. The first kappa shape index (κ1) is 17.3. The number of carbonyl (C=O) groups is 2. The van der Waals surface area contributed by atoms with Crippen molar-refractivity contribution in [3.8, 4) is 11.5 Å². The van der Waals surface area contributed by atoms with Crippen molar-refractivity contribution in [2.24, 2.45) is 0 Å². The van der Waals surface area contributed by atoms with Crippen molar-refractivity contribution in [2.45, 2.75) is 19.0 Å². The Morgan fingerprint density at radius 2 is 2.04 bits per heavy atom. The minimum absolute atomic E-state index is 0.00303. The van der Waals surface area contributed by atoms with Crippen LogP contribution in [0.2, 0.25) is 0 Å². The van der Waals surface area contributed by atoms with Crippen molar-refractivity contribution in [2.75, 3.05) is 23.4 Å². The van der Waals surface area contributed by atoms with Gasteiger partial charge < -0.3 is 24.5 Å². The van der Waals surface area contributed by atoms with Crippen molar-refractivity contribution in [1.82, 2.24) is 0 Å². The molecule has 2 aromatic carbocycles. The molecule has 8 heteroatoms. The first-order valence-corrected chi connectivity index (χ1v) is 8.43. The van der Waals surface area contributed by atoms with Gasteiger partial charge in [0, 0.05) is 24.6 Å². The molecule has 0 aliphatic carbocycles. The van der Waals surface area contributed by atoms with Gasteiger partial charge in [0.05, 0.1) is 11.7 Å². The van der Waals surface area contributed by atoms with Crippen LogP contribution >= 0.6 is 0 Å². The van der Waals surface area contributed by atoms with Crippen LogP contribution in [0.15, 0.2) is 30.3 Å². The smallest absolute Gasteiger partial charge is 0.262 e. The molecule has 2 heterocycles. The average molecular weight is 374 g/mol. The molecular weight excluding hydrogens is 358 g/mol. The summed E-state index contributed by atoms with van der Waals surface area (Å²) in [5.41, 5.74) is 0.891. The molecule has 0 unspecified atom stereocenters. The number of fused-ring (bicyclic) bond motifs is 2. The lowest BCUT2D eigenvalue weighted by Crippen LogP contribution is -2.43. The van der Waals surface area contributed by atoms with Crippen LogP contribution in [0.25, 0.3) is 0 Å². The van der Waals surface area contributed by atoms with E-state index in [-0.39, 0.29) is 43.7 Å². The molecule has 140 valence electrons. The van der Waals surface area contributed by atoms with Crippen molar-refractivity contribution >= 4 is 23.6 Å². The average Bonchev–Trinajstić information content (AvgIpc) is 2.66. The van der Waals surface area contributed by atoms with E-state index in [4.69, 9.17) is 9.47 Å². The maximum Gasteiger partial charge on any atom is 0.262 e. The molecule has 0 radical (unpaired) electrons. The van der Waals surface area contributed by atoms with Gasteiger partial charge in [0.1, 0.15) is 35.9 Å². The number of aldehydes is 1. The highest BCUT2D eigenvalue weighted by atomic mass is 19.1. The zero-order chi connectivity index (χ0) is 19.0. The molecule has 2 aliphatic rings. The Kier molecular flexibility index (Phi) is 4.39. The predicted molar refractivity (Wildman–Crippen MR) is 93.1 cm³/mol. The summed E-state index contributed by atoms with van der Waals surface area (Å²) in [6.07, 6.45) is 0.954. The largest absolute Gasteiger partial charge is 0.489 e. The van der Waals surface area contributed by atoms with Crippen LogP contribution in [0.1, 0.15) is 12.0 Å². The maximum absolute atomic E-state index is 15.0. The van der Waals surface area contributed by atoms with Gasteiger partial charge >= 0.3 is 0 Å². The van der Waals surface area contributed by atoms with E-state index >= 15 is 0 Å². The molecule has 2 aromatic rings. The molecule has 1 amide bonds. The molecule has 2 aliphatic heterocycles. The lowest BCUT2D eigenvalue weighted by molar-refractivity contribution is -0.118.